The molecule has 2 heterocycles. The van der Waals surface area contributed by atoms with Crippen molar-refractivity contribution in [2.45, 2.75) is 6.92 Å². The minimum Gasteiger partial charge on any atom is -0.334 e. The van der Waals surface area contributed by atoms with E-state index in [1.54, 1.807) is 13.0 Å². The van der Waals surface area contributed by atoms with Gasteiger partial charge in [-0.15, -0.1) is 11.3 Å². The molecule has 0 fully saturated rings. The molecule has 1 N–H and O–H groups in total. The van der Waals surface area contributed by atoms with Crippen LogP contribution in [0.1, 0.15) is 15.5 Å². The molecular weight excluding hydrogens is 354 g/mol. The van der Waals surface area contributed by atoms with Crippen molar-refractivity contribution in [2.24, 2.45) is 0 Å². The summed E-state index contributed by atoms with van der Waals surface area (Å²) in [7, 11) is 0. The van der Waals surface area contributed by atoms with Gasteiger partial charge in [0.2, 0.25) is 0 Å². The van der Waals surface area contributed by atoms with E-state index in [9.17, 15) is 4.79 Å². The van der Waals surface area contributed by atoms with Gasteiger partial charge in [-0.25, -0.2) is 0 Å². The molecule has 0 saturated carbocycles. The monoisotopic (exact) mass is 363 g/mol. The maximum atomic E-state index is 12.3. The van der Waals surface area contributed by atoms with Gasteiger partial charge in [-0.05, 0) is 46.4 Å². The number of thiophene rings is 1. The standard InChI is InChI=1S/C14H10BrN3O2S/c1-8-16-14(20-18-8)9-4-2-3-5-11(9)17-13(19)12-10(15)6-7-21-12/h2-7H,1H3,(H,17,19). The molecule has 0 radical (unpaired) electrons. The molecule has 0 aliphatic heterocycles. The summed E-state index contributed by atoms with van der Waals surface area (Å²) in [5.41, 5.74) is 1.32. The quantitative estimate of drug-likeness (QED) is 0.759. The van der Waals surface area contributed by atoms with Gasteiger partial charge in [-0.1, -0.05) is 17.3 Å². The average molecular weight is 364 g/mol. The van der Waals surface area contributed by atoms with Gasteiger partial charge in [0.15, 0.2) is 5.82 Å². The molecule has 0 aliphatic rings. The molecule has 21 heavy (non-hydrogen) atoms. The highest BCUT2D eigenvalue weighted by atomic mass is 79.9. The van der Waals surface area contributed by atoms with E-state index >= 15 is 0 Å². The molecule has 3 rings (SSSR count). The highest BCUT2D eigenvalue weighted by Gasteiger charge is 2.16. The zero-order valence-electron chi connectivity index (χ0n) is 11.0. The number of hydrogen-bond donors (Lipinski definition) is 1. The number of carbonyl (C=O) groups is 1. The van der Waals surface area contributed by atoms with E-state index < -0.39 is 0 Å². The van der Waals surface area contributed by atoms with Crippen molar-refractivity contribution in [1.29, 1.82) is 0 Å². The SMILES string of the molecule is Cc1noc(-c2ccccc2NC(=O)c2sccc2Br)n1. The summed E-state index contributed by atoms with van der Waals surface area (Å²) in [6.07, 6.45) is 0. The molecule has 0 aliphatic carbocycles. The first-order valence-corrected chi connectivity index (χ1v) is 7.76. The Bertz CT molecular complexity index is 797. The summed E-state index contributed by atoms with van der Waals surface area (Å²) in [6.45, 7) is 1.75. The molecular formula is C14H10BrN3O2S. The number of rotatable bonds is 3. The van der Waals surface area contributed by atoms with Gasteiger partial charge in [-0.2, -0.15) is 4.98 Å². The van der Waals surface area contributed by atoms with Gasteiger partial charge in [0, 0.05) is 4.47 Å². The molecule has 5 nitrogen and oxygen atoms in total. The maximum Gasteiger partial charge on any atom is 0.266 e. The van der Waals surface area contributed by atoms with E-state index in [0.717, 1.165) is 4.47 Å². The smallest absolute Gasteiger partial charge is 0.266 e. The Morgan fingerprint density at radius 2 is 2.14 bits per heavy atom. The van der Waals surface area contributed by atoms with Crippen LogP contribution in [-0.2, 0) is 0 Å². The Morgan fingerprint density at radius 1 is 1.33 bits per heavy atom. The Labute approximate surface area is 133 Å². The lowest BCUT2D eigenvalue weighted by Gasteiger charge is -2.07. The number of para-hydroxylation sites is 1. The summed E-state index contributed by atoms with van der Waals surface area (Å²) >= 11 is 4.73. The number of anilines is 1. The molecule has 3 aromatic rings. The van der Waals surface area contributed by atoms with E-state index in [-0.39, 0.29) is 5.91 Å². The lowest BCUT2D eigenvalue weighted by molar-refractivity contribution is 0.103. The van der Waals surface area contributed by atoms with Crippen LogP contribution in [0, 0.1) is 6.92 Å². The number of nitrogens with one attached hydrogen (secondary N) is 1. The summed E-state index contributed by atoms with van der Waals surface area (Å²) < 4.78 is 5.94. The fourth-order valence-corrected chi connectivity index (χ4v) is 3.27. The number of aryl methyl sites for hydroxylation is 1. The van der Waals surface area contributed by atoms with Crippen LogP contribution >= 0.6 is 27.3 Å². The molecule has 106 valence electrons. The third kappa shape index (κ3) is 2.88. The topological polar surface area (TPSA) is 68.0 Å². The first-order chi connectivity index (χ1) is 10.1. The van der Waals surface area contributed by atoms with Crippen molar-refractivity contribution in [3.63, 3.8) is 0 Å². The number of hydrogen-bond acceptors (Lipinski definition) is 5. The highest BCUT2D eigenvalue weighted by molar-refractivity contribution is 9.10. The molecule has 1 amide bonds. The third-order valence-electron chi connectivity index (χ3n) is 2.76. The first kappa shape index (κ1) is 14.0. The van der Waals surface area contributed by atoms with Crippen molar-refractivity contribution < 1.29 is 9.32 Å². The van der Waals surface area contributed by atoms with Crippen molar-refractivity contribution in [3.8, 4) is 11.5 Å². The lowest BCUT2D eigenvalue weighted by Crippen LogP contribution is -2.11. The van der Waals surface area contributed by atoms with Gasteiger partial charge in [-0.3, -0.25) is 4.79 Å². The second-order valence-corrected chi connectivity index (χ2v) is 6.01. The largest absolute Gasteiger partial charge is 0.334 e. The van der Waals surface area contributed by atoms with Gasteiger partial charge < -0.3 is 9.84 Å². The number of nitrogens with zero attached hydrogens (tertiary/aromatic N) is 2. The van der Waals surface area contributed by atoms with Crippen LogP contribution in [0.3, 0.4) is 0 Å². The Kier molecular flexibility index (Phi) is 3.85. The van der Waals surface area contributed by atoms with E-state index in [1.165, 1.54) is 11.3 Å². The zero-order valence-corrected chi connectivity index (χ0v) is 13.4. The van der Waals surface area contributed by atoms with Crippen LogP contribution in [0.15, 0.2) is 44.7 Å². The Morgan fingerprint density at radius 3 is 2.81 bits per heavy atom. The molecule has 0 saturated heterocycles. The number of aromatic nitrogens is 2. The predicted octanol–water partition coefficient (Wildman–Crippen LogP) is 4.12. The molecule has 0 unspecified atom stereocenters. The van der Waals surface area contributed by atoms with Gasteiger partial charge in [0.1, 0.15) is 4.88 Å². The number of benzene rings is 1. The molecule has 0 bridgehead atoms. The van der Waals surface area contributed by atoms with Crippen LogP contribution in [0.25, 0.3) is 11.5 Å². The molecule has 1 aromatic carbocycles. The van der Waals surface area contributed by atoms with Crippen LogP contribution in [0.4, 0.5) is 5.69 Å². The first-order valence-electron chi connectivity index (χ1n) is 6.09. The highest BCUT2D eigenvalue weighted by Crippen LogP contribution is 2.28. The summed E-state index contributed by atoms with van der Waals surface area (Å²) in [4.78, 5) is 17.1. The lowest BCUT2D eigenvalue weighted by atomic mass is 10.1. The van der Waals surface area contributed by atoms with E-state index in [0.29, 0.717) is 27.8 Å². The third-order valence-corrected chi connectivity index (χ3v) is 4.59. The fraction of sp³-hybridized carbons (Fsp3) is 0.0714. The molecule has 0 spiro atoms. The van der Waals surface area contributed by atoms with E-state index in [4.69, 9.17) is 4.52 Å². The van der Waals surface area contributed by atoms with Crippen LogP contribution in [0.2, 0.25) is 0 Å². The molecule has 2 aromatic heterocycles. The Balaban J connectivity index is 1.93. The van der Waals surface area contributed by atoms with Gasteiger partial charge in [0.05, 0.1) is 11.3 Å². The second kappa shape index (κ2) is 5.79. The van der Waals surface area contributed by atoms with Gasteiger partial charge >= 0.3 is 0 Å². The number of amides is 1. The van der Waals surface area contributed by atoms with Crippen molar-refractivity contribution in [3.05, 3.63) is 50.9 Å². The van der Waals surface area contributed by atoms with Crippen LogP contribution < -0.4 is 5.32 Å². The second-order valence-electron chi connectivity index (χ2n) is 4.24. The van der Waals surface area contributed by atoms with Gasteiger partial charge in [0.25, 0.3) is 11.8 Å². The summed E-state index contributed by atoms with van der Waals surface area (Å²) in [5.74, 6) is 0.751. The van der Waals surface area contributed by atoms with E-state index in [1.807, 2.05) is 29.6 Å². The summed E-state index contributed by atoms with van der Waals surface area (Å²) in [5, 5.41) is 8.50. The van der Waals surface area contributed by atoms with Crippen LogP contribution in [0.5, 0.6) is 0 Å². The predicted molar refractivity (Wildman–Crippen MR) is 84.4 cm³/mol. The van der Waals surface area contributed by atoms with Crippen molar-refractivity contribution in [1.82, 2.24) is 10.1 Å². The zero-order chi connectivity index (χ0) is 14.8. The molecule has 0 atom stereocenters. The minimum absolute atomic E-state index is 0.180. The summed E-state index contributed by atoms with van der Waals surface area (Å²) in [6, 6.07) is 9.16. The van der Waals surface area contributed by atoms with Crippen molar-refractivity contribution >= 4 is 38.9 Å². The average Bonchev–Trinajstić information content (AvgIpc) is 3.08. The van der Waals surface area contributed by atoms with Crippen LogP contribution in [-0.4, -0.2) is 16.0 Å². The maximum absolute atomic E-state index is 12.3. The number of halogens is 1. The minimum atomic E-state index is -0.180. The fourth-order valence-electron chi connectivity index (χ4n) is 1.82. The Hall–Kier alpha value is -1.99. The number of carbonyl (C=O) groups excluding carboxylic acids is 1. The normalized spacial score (nSPS) is 10.6. The van der Waals surface area contributed by atoms with Crippen molar-refractivity contribution in [2.75, 3.05) is 5.32 Å². The van der Waals surface area contributed by atoms with E-state index in [2.05, 4.69) is 31.4 Å². The molecule has 7 heteroatoms.